The van der Waals surface area contributed by atoms with E-state index in [9.17, 15) is 0 Å². The molecule has 0 rings (SSSR count). The van der Waals surface area contributed by atoms with E-state index in [1.165, 1.54) is 25.7 Å². The fourth-order valence-corrected chi connectivity index (χ4v) is 0.935. The van der Waals surface area contributed by atoms with Crippen LogP contribution in [0.15, 0.2) is 0 Å². The summed E-state index contributed by atoms with van der Waals surface area (Å²) in [4.78, 5) is 0. The van der Waals surface area contributed by atoms with Crippen molar-refractivity contribution in [2.45, 2.75) is 25.7 Å². The van der Waals surface area contributed by atoms with Crippen LogP contribution in [0.5, 0.6) is 0 Å². The third-order valence-corrected chi connectivity index (χ3v) is 1.57. The zero-order valence-electron chi connectivity index (χ0n) is 6.10. The summed E-state index contributed by atoms with van der Waals surface area (Å²) < 4.78 is 4.90. The molecule has 0 saturated heterocycles. The molecule has 0 heterocycles. The van der Waals surface area contributed by atoms with E-state index in [0.717, 1.165) is 12.4 Å². The highest BCUT2D eigenvalue weighted by Crippen LogP contribution is 1.99. The van der Waals surface area contributed by atoms with Crippen molar-refractivity contribution in [1.82, 2.24) is 0 Å². The molecule has 9 heavy (non-hydrogen) atoms. The van der Waals surface area contributed by atoms with Crippen LogP contribution < -0.4 is 0 Å². The molecule has 0 unspecified atom stereocenters. The maximum atomic E-state index is 4.90. The van der Waals surface area contributed by atoms with Crippen molar-refractivity contribution in [3.05, 3.63) is 0 Å². The lowest BCUT2D eigenvalue weighted by atomic mass is 10.2. The summed E-state index contributed by atoms with van der Waals surface area (Å²) in [5, 5.41) is 0. The Morgan fingerprint density at radius 1 is 1.11 bits per heavy atom. The van der Waals surface area contributed by atoms with Crippen LogP contribution in [-0.2, 0) is 4.74 Å². The summed E-state index contributed by atoms with van der Waals surface area (Å²) >= 11 is 4.11. The molecular formula is C7H16OS. The average Bonchev–Trinajstić information content (AvgIpc) is 1.89. The van der Waals surface area contributed by atoms with Crippen LogP contribution in [0.3, 0.4) is 0 Å². The van der Waals surface area contributed by atoms with Gasteiger partial charge in [-0.25, -0.2) is 0 Å². The first-order valence-electron chi connectivity index (χ1n) is 3.51. The molecule has 0 aliphatic heterocycles. The van der Waals surface area contributed by atoms with Crippen molar-refractivity contribution in [2.75, 3.05) is 19.5 Å². The fourth-order valence-electron chi connectivity index (χ4n) is 0.712. The van der Waals surface area contributed by atoms with Gasteiger partial charge in [0.25, 0.3) is 0 Å². The number of methoxy groups -OCH3 is 1. The van der Waals surface area contributed by atoms with Crippen LogP contribution in [0.25, 0.3) is 0 Å². The average molecular weight is 148 g/mol. The lowest BCUT2D eigenvalue weighted by Gasteiger charge is -1.96. The molecular weight excluding hydrogens is 132 g/mol. The van der Waals surface area contributed by atoms with Crippen molar-refractivity contribution in [2.24, 2.45) is 0 Å². The van der Waals surface area contributed by atoms with Gasteiger partial charge in [-0.15, -0.1) is 0 Å². The summed E-state index contributed by atoms with van der Waals surface area (Å²) in [7, 11) is 1.75. The smallest absolute Gasteiger partial charge is 0.0462 e. The molecule has 0 aromatic carbocycles. The summed E-state index contributed by atoms with van der Waals surface area (Å²) in [6.45, 7) is 0.909. The van der Waals surface area contributed by atoms with E-state index in [-0.39, 0.29) is 0 Å². The zero-order valence-corrected chi connectivity index (χ0v) is 6.99. The van der Waals surface area contributed by atoms with Crippen LogP contribution in [0, 0.1) is 0 Å². The Balaban J connectivity index is 2.60. The van der Waals surface area contributed by atoms with E-state index in [0.29, 0.717) is 0 Å². The van der Waals surface area contributed by atoms with Gasteiger partial charge in [-0.05, 0) is 18.6 Å². The lowest BCUT2D eigenvalue weighted by molar-refractivity contribution is 0.192. The van der Waals surface area contributed by atoms with Gasteiger partial charge in [0.2, 0.25) is 0 Å². The van der Waals surface area contributed by atoms with Gasteiger partial charge < -0.3 is 4.74 Å². The van der Waals surface area contributed by atoms with Gasteiger partial charge in [0.15, 0.2) is 0 Å². The van der Waals surface area contributed by atoms with Crippen molar-refractivity contribution in [3.63, 3.8) is 0 Å². The normalized spacial score (nSPS) is 10.0. The maximum Gasteiger partial charge on any atom is 0.0462 e. The SMILES string of the molecule is COCCCCCCS. The molecule has 0 radical (unpaired) electrons. The van der Waals surface area contributed by atoms with E-state index in [2.05, 4.69) is 12.6 Å². The number of thiol groups is 1. The van der Waals surface area contributed by atoms with E-state index in [4.69, 9.17) is 4.74 Å². The molecule has 0 atom stereocenters. The van der Waals surface area contributed by atoms with Crippen LogP contribution in [0.1, 0.15) is 25.7 Å². The fraction of sp³-hybridized carbons (Fsp3) is 1.00. The molecule has 56 valence electrons. The standard InChI is InChI=1S/C7H16OS/c1-8-6-4-2-3-5-7-9/h9H,2-7H2,1H3. The third kappa shape index (κ3) is 8.31. The van der Waals surface area contributed by atoms with E-state index in [1.54, 1.807) is 7.11 Å². The minimum Gasteiger partial charge on any atom is -0.385 e. The van der Waals surface area contributed by atoms with E-state index >= 15 is 0 Å². The van der Waals surface area contributed by atoms with Crippen molar-refractivity contribution in [3.8, 4) is 0 Å². The molecule has 0 amide bonds. The third-order valence-electron chi connectivity index (χ3n) is 1.26. The Bertz CT molecular complexity index is 42.2. The highest BCUT2D eigenvalue weighted by atomic mass is 32.1. The second kappa shape index (κ2) is 8.31. The summed E-state index contributed by atoms with van der Waals surface area (Å²) in [5.74, 6) is 1.02. The predicted octanol–water partition coefficient (Wildman–Crippen LogP) is 2.12. The first-order chi connectivity index (χ1) is 4.41. The Labute approximate surface area is 63.2 Å². The van der Waals surface area contributed by atoms with E-state index < -0.39 is 0 Å². The first kappa shape index (κ1) is 9.31. The van der Waals surface area contributed by atoms with Gasteiger partial charge in [-0.2, -0.15) is 12.6 Å². The molecule has 0 fully saturated rings. The predicted molar refractivity (Wildman–Crippen MR) is 44.2 cm³/mol. The number of hydrogen-bond donors (Lipinski definition) is 1. The Morgan fingerprint density at radius 2 is 1.78 bits per heavy atom. The molecule has 0 bridgehead atoms. The second-order valence-electron chi connectivity index (χ2n) is 2.13. The van der Waals surface area contributed by atoms with Crippen LogP contribution in [-0.4, -0.2) is 19.5 Å². The Kier molecular flexibility index (Phi) is 8.60. The molecule has 0 aromatic rings. The zero-order chi connectivity index (χ0) is 6.95. The molecule has 0 aliphatic carbocycles. The Morgan fingerprint density at radius 3 is 2.33 bits per heavy atom. The highest BCUT2D eigenvalue weighted by molar-refractivity contribution is 7.80. The lowest BCUT2D eigenvalue weighted by Crippen LogP contribution is -1.87. The number of unbranched alkanes of at least 4 members (excludes halogenated alkanes) is 3. The number of hydrogen-bond acceptors (Lipinski definition) is 2. The van der Waals surface area contributed by atoms with Crippen LogP contribution in [0.4, 0.5) is 0 Å². The van der Waals surface area contributed by atoms with Gasteiger partial charge >= 0.3 is 0 Å². The number of ether oxygens (including phenoxy) is 1. The highest BCUT2D eigenvalue weighted by Gasteiger charge is 1.86. The maximum absolute atomic E-state index is 4.90. The molecule has 0 N–H and O–H groups in total. The molecule has 2 heteroatoms. The molecule has 0 spiro atoms. The quantitative estimate of drug-likeness (QED) is 0.448. The van der Waals surface area contributed by atoms with Crippen molar-refractivity contribution < 1.29 is 4.74 Å². The summed E-state index contributed by atoms with van der Waals surface area (Å²) in [5.41, 5.74) is 0. The molecule has 1 nitrogen and oxygen atoms in total. The van der Waals surface area contributed by atoms with Gasteiger partial charge in [0.05, 0.1) is 0 Å². The van der Waals surface area contributed by atoms with E-state index in [1.807, 2.05) is 0 Å². The van der Waals surface area contributed by atoms with Gasteiger partial charge in [0, 0.05) is 13.7 Å². The second-order valence-corrected chi connectivity index (χ2v) is 2.58. The summed E-state index contributed by atoms with van der Waals surface area (Å²) in [6.07, 6.45) is 5.03. The topological polar surface area (TPSA) is 9.23 Å². The van der Waals surface area contributed by atoms with Gasteiger partial charge in [0.1, 0.15) is 0 Å². The molecule has 0 aromatic heterocycles. The monoisotopic (exact) mass is 148 g/mol. The minimum absolute atomic E-state index is 0.909. The van der Waals surface area contributed by atoms with Gasteiger partial charge in [-0.1, -0.05) is 12.8 Å². The van der Waals surface area contributed by atoms with Crippen LogP contribution in [0.2, 0.25) is 0 Å². The first-order valence-corrected chi connectivity index (χ1v) is 4.15. The minimum atomic E-state index is 0.909. The summed E-state index contributed by atoms with van der Waals surface area (Å²) in [6, 6.07) is 0. The largest absolute Gasteiger partial charge is 0.385 e. The van der Waals surface area contributed by atoms with Crippen LogP contribution >= 0.6 is 12.6 Å². The molecule has 0 aliphatic rings. The van der Waals surface area contributed by atoms with Crippen molar-refractivity contribution in [1.29, 1.82) is 0 Å². The van der Waals surface area contributed by atoms with Crippen molar-refractivity contribution >= 4 is 12.6 Å². The van der Waals surface area contributed by atoms with Gasteiger partial charge in [-0.3, -0.25) is 0 Å². The Hall–Kier alpha value is 0.310. The molecule has 0 saturated carbocycles. The number of rotatable bonds is 6.